The maximum atomic E-state index is 5.52. The molecule has 110 valence electrons. The molecule has 0 atom stereocenters. The van der Waals surface area contributed by atoms with E-state index in [9.17, 15) is 0 Å². The molecule has 0 bridgehead atoms. The second-order valence-electron chi connectivity index (χ2n) is 4.36. The van der Waals surface area contributed by atoms with Crippen LogP contribution in [-0.4, -0.2) is 13.7 Å². The van der Waals surface area contributed by atoms with Gasteiger partial charge in [0.15, 0.2) is 11.5 Å². The number of rotatable bonds is 5. The maximum absolute atomic E-state index is 5.52. The predicted molar refractivity (Wildman–Crippen MR) is 95.4 cm³/mol. The van der Waals surface area contributed by atoms with Crippen LogP contribution in [0, 0.1) is 0 Å². The Bertz CT molecular complexity index is 636. The molecule has 0 amide bonds. The Morgan fingerprint density at radius 1 is 0.905 bits per heavy atom. The van der Waals surface area contributed by atoms with Crippen molar-refractivity contribution in [3.63, 3.8) is 0 Å². The number of hydrogen-bond acceptors (Lipinski definition) is 4. The third kappa shape index (κ3) is 3.77. The van der Waals surface area contributed by atoms with Gasteiger partial charge in [0.25, 0.3) is 0 Å². The molecule has 0 radical (unpaired) electrons. The summed E-state index contributed by atoms with van der Waals surface area (Å²) >= 11 is 9.19. The second-order valence-corrected chi connectivity index (χ2v) is 5.26. The molecular formula is C17H18O2S2. The average Bonchev–Trinajstić information content (AvgIpc) is 2.55. The Hall–Kier alpha value is -1.52. The molecular weight excluding hydrogens is 300 g/mol. The van der Waals surface area contributed by atoms with Gasteiger partial charge < -0.3 is 9.47 Å². The van der Waals surface area contributed by atoms with Gasteiger partial charge in [-0.25, -0.2) is 0 Å². The molecule has 0 aromatic heterocycles. The first-order valence-electron chi connectivity index (χ1n) is 6.66. The van der Waals surface area contributed by atoms with Crippen molar-refractivity contribution >= 4 is 35.1 Å². The fraction of sp³-hybridized carbons (Fsp3) is 0.176. The van der Waals surface area contributed by atoms with E-state index in [2.05, 4.69) is 25.3 Å². The van der Waals surface area contributed by atoms with E-state index in [0.29, 0.717) is 12.4 Å². The highest BCUT2D eigenvalue weighted by molar-refractivity contribution is 7.96. The zero-order chi connectivity index (χ0) is 15.2. The summed E-state index contributed by atoms with van der Waals surface area (Å²) in [7, 11) is 1.63. The van der Waals surface area contributed by atoms with E-state index < -0.39 is 0 Å². The lowest BCUT2D eigenvalue weighted by Crippen LogP contribution is -1.96. The molecule has 2 nitrogen and oxygen atoms in total. The van der Waals surface area contributed by atoms with E-state index in [-0.39, 0.29) is 0 Å². The molecule has 2 aromatic carbocycles. The van der Waals surface area contributed by atoms with Crippen molar-refractivity contribution < 1.29 is 9.47 Å². The molecule has 0 saturated carbocycles. The quantitative estimate of drug-likeness (QED) is 0.610. The first-order valence-corrected chi connectivity index (χ1v) is 7.55. The highest BCUT2D eigenvalue weighted by Crippen LogP contribution is 2.36. The van der Waals surface area contributed by atoms with Crippen LogP contribution in [0.15, 0.2) is 48.5 Å². The lowest BCUT2D eigenvalue weighted by Gasteiger charge is -2.12. The van der Waals surface area contributed by atoms with E-state index in [1.165, 1.54) is 0 Å². The molecule has 0 heterocycles. The van der Waals surface area contributed by atoms with Gasteiger partial charge in [0.1, 0.15) is 0 Å². The molecule has 0 spiro atoms. The summed E-state index contributed by atoms with van der Waals surface area (Å²) in [5.74, 6) is 1.42. The van der Waals surface area contributed by atoms with Crippen LogP contribution in [0.25, 0.3) is 9.81 Å². The Labute approximate surface area is 136 Å². The van der Waals surface area contributed by atoms with Gasteiger partial charge in [0, 0.05) is 9.81 Å². The molecule has 21 heavy (non-hydrogen) atoms. The van der Waals surface area contributed by atoms with E-state index in [4.69, 9.17) is 9.47 Å². The summed E-state index contributed by atoms with van der Waals surface area (Å²) in [5, 5.41) is 0. The van der Waals surface area contributed by atoms with Crippen molar-refractivity contribution in [2.45, 2.75) is 6.92 Å². The lowest BCUT2D eigenvalue weighted by molar-refractivity contribution is 0.311. The van der Waals surface area contributed by atoms with Crippen LogP contribution in [0.2, 0.25) is 0 Å². The predicted octanol–water partition coefficient (Wildman–Crippen LogP) is 4.78. The Kier molecular flexibility index (Phi) is 5.65. The van der Waals surface area contributed by atoms with E-state index in [1.807, 2.05) is 55.5 Å². The third-order valence-corrected chi connectivity index (χ3v) is 4.15. The molecule has 0 aliphatic carbocycles. The summed E-state index contributed by atoms with van der Waals surface area (Å²) in [6, 6.07) is 15.7. The molecule has 0 aliphatic heterocycles. The molecule has 0 unspecified atom stereocenters. The van der Waals surface area contributed by atoms with Crippen LogP contribution < -0.4 is 9.47 Å². The summed E-state index contributed by atoms with van der Waals surface area (Å²) in [6.45, 7) is 2.54. The van der Waals surface area contributed by atoms with Gasteiger partial charge >= 0.3 is 0 Å². The van der Waals surface area contributed by atoms with Crippen LogP contribution in [0.3, 0.4) is 0 Å². The minimum Gasteiger partial charge on any atom is -0.493 e. The molecule has 0 N–H and O–H groups in total. The van der Waals surface area contributed by atoms with Crippen molar-refractivity contribution in [2.75, 3.05) is 13.7 Å². The van der Waals surface area contributed by atoms with Crippen molar-refractivity contribution in [1.82, 2.24) is 0 Å². The third-order valence-electron chi connectivity index (χ3n) is 3.01. The first kappa shape index (κ1) is 15.9. The van der Waals surface area contributed by atoms with Gasteiger partial charge in [-0.3, -0.25) is 0 Å². The normalized spacial score (nSPS) is 11.8. The summed E-state index contributed by atoms with van der Waals surface area (Å²) in [6.07, 6.45) is 0. The standard InChI is InChI=1S/C17H18O2S2/c1-3-19-14-10-9-13(11-15(14)18-2)17(21)16(20)12-7-5-4-6-8-12/h4-11,20-21H,3H2,1-2H3/b17-16-. The number of hydrogen-bond donors (Lipinski definition) is 2. The van der Waals surface area contributed by atoms with Gasteiger partial charge in [0.05, 0.1) is 13.7 Å². The molecule has 0 saturated heterocycles. The van der Waals surface area contributed by atoms with Gasteiger partial charge in [-0.2, -0.15) is 0 Å². The highest BCUT2D eigenvalue weighted by atomic mass is 32.1. The fourth-order valence-corrected chi connectivity index (χ4v) is 2.51. The van der Waals surface area contributed by atoms with Gasteiger partial charge in [-0.05, 0) is 36.2 Å². The van der Waals surface area contributed by atoms with Crippen LogP contribution >= 0.6 is 25.3 Å². The lowest BCUT2D eigenvalue weighted by atomic mass is 10.1. The van der Waals surface area contributed by atoms with Gasteiger partial charge in [-0.15, -0.1) is 25.3 Å². The second kappa shape index (κ2) is 7.48. The SMILES string of the molecule is CCOc1ccc(/C(S)=C(/S)c2ccccc2)cc1OC. The topological polar surface area (TPSA) is 18.5 Å². The van der Waals surface area contributed by atoms with Crippen molar-refractivity contribution in [3.05, 3.63) is 59.7 Å². The smallest absolute Gasteiger partial charge is 0.161 e. The average molecular weight is 318 g/mol. The van der Waals surface area contributed by atoms with Crippen LogP contribution in [-0.2, 0) is 0 Å². The van der Waals surface area contributed by atoms with Crippen LogP contribution in [0.4, 0.5) is 0 Å². The van der Waals surface area contributed by atoms with Gasteiger partial charge in [-0.1, -0.05) is 30.3 Å². The van der Waals surface area contributed by atoms with E-state index in [0.717, 1.165) is 26.7 Å². The van der Waals surface area contributed by atoms with Crippen molar-refractivity contribution in [2.24, 2.45) is 0 Å². The summed E-state index contributed by atoms with van der Waals surface area (Å²) in [5.41, 5.74) is 1.96. The number of benzene rings is 2. The summed E-state index contributed by atoms with van der Waals surface area (Å²) < 4.78 is 10.9. The Balaban J connectivity index is 2.41. The minimum absolute atomic E-state index is 0.598. The fourth-order valence-electron chi connectivity index (χ4n) is 1.96. The maximum Gasteiger partial charge on any atom is 0.161 e. The summed E-state index contributed by atoms with van der Waals surface area (Å²) in [4.78, 5) is 1.62. The first-order chi connectivity index (χ1) is 10.2. The number of ether oxygens (including phenoxy) is 2. The Morgan fingerprint density at radius 2 is 1.57 bits per heavy atom. The molecule has 4 heteroatoms. The van der Waals surface area contributed by atoms with E-state index in [1.54, 1.807) is 7.11 Å². The van der Waals surface area contributed by atoms with Gasteiger partial charge in [0.2, 0.25) is 0 Å². The molecule has 2 rings (SSSR count). The largest absolute Gasteiger partial charge is 0.493 e. The number of thiol groups is 2. The zero-order valence-electron chi connectivity index (χ0n) is 12.0. The molecule has 0 aliphatic rings. The van der Waals surface area contributed by atoms with E-state index >= 15 is 0 Å². The Morgan fingerprint density at radius 3 is 2.19 bits per heavy atom. The molecule has 0 fully saturated rings. The number of methoxy groups -OCH3 is 1. The van der Waals surface area contributed by atoms with Crippen LogP contribution in [0.5, 0.6) is 11.5 Å². The van der Waals surface area contributed by atoms with Crippen LogP contribution in [0.1, 0.15) is 18.1 Å². The minimum atomic E-state index is 0.598. The molecule has 2 aromatic rings. The van der Waals surface area contributed by atoms with Crippen molar-refractivity contribution in [1.29, 1.82) is 0 Å². The monoisotopic (exact) mass is 318 g/mol. The zero-order valence-corrected chi connectivity index (χ0v) is 13.8. The highest BCUT2D eigenvalue weighted by Gasteiger charge is 2.09. The van der Waals surface area contributed by atoms with Crippen molar-refractivity contribution in [3.8, 4) is 11.5 Å².